The maximum absolute atomic E-state index is 13.8. The van der Waals surface area contributed by atoms with Gasteiger partial charge in [-0.05, 0) is 36.8 Å². The number of halogens is 2. The number of nitrogens with one attached hydrogen (secondary N) is 1. The molecule has 27 heavy (non-hydrogen) atoms. The van der Waals surface area contributed by atoms with Crippen LogP contribution in [0.1, 0.15) is 6.42 Å². The van der Waals surface area contributed by atoms with E-state index in [1.807, 2.05) is 0 Å². The van der Waals surface area contributed by atoms with E-state index in [9.17, 15) is 25.6 Å². The molecule has 0 amide bonds. The molecule has 1 saturated heterocycles. The predicted molar refractivity (Wildman–Crippen MR) is 95.9 cm³/mol. The molecule has 2 aromatic rings. The smallest absolute Gasteiger partial charge is 0.265 e. The van der Waals surface area contributed by atoms with Crippen molar-refractivity contribution in [2.75, 3.05) is 28.4 Å². The molecule has 0 spiro atoms. The molecule has 7 nitrogen and oxygen atoms in total. The summed E-state index contributed by atoms with van der Waals surface area (Å²) < 4.78 is 84.5. The fourth-order valence-electron chi connectivity index (χ4n) is 2.73. The number of methoxy groups -OCH3 is 1. The maximum Gasteiger partial charge on any atom is 0.265 e. The van der Waals surface area contributed by atoms with Crippen molar-refractivity contribution in [1.29, 1.82) is 0 Å². The zero-order chi connectivity index (χ0) is 19.8. The van der Waals surface area contributed by atoms with E-state index < -0.39 is 36.6 Å². The molecule has 0 saturated carbocycles. The van der Waals surface area contributed by atoms with Crippen LogP contribution in [0, 0.1) is 11.6 Å². The molecule has 11 heteroatoms. The molecule has 0 unspecified atom stereocenters. The van der Waals surface area contributed by atoms with Gasteiger partial charge in [0.2, 0.25) is 10.0 Å². The minimum absolute atomic E-state index is 0.0303. The Morgan fingerprint density at radius 1 is 1.15 bits per heavy atom. The second-order valence-corrected chi connectivity index (χ2v) is 9.47. The van der Waals surface area contributed by atoms with Gasteiger partial charge in [0.05, 0.1) is 24.2 Å². The van der Waals surface area contributed by atoms with Crippen molar-refractivity contribution in [1.82, 2.24) is 0 Å². The Labute approximate surface area is 155 Å². The van der Waals surface area contributed by atoms with Gasteiger partial charge in [-0.3, -0.25) is 9.03 Å². The number of benzene rings is 2. The van der Waals surface area contributed by atoms with Gasteiger partial charge in [0.15, 0.2) is 0 Å². The first-order valence-corrected chi connectivity index (χ1v) is 10.9. The third kappa shape index (κ3) is 3.83. The zero-order valence-electron chi connectivity index (χ0n) is 14.1. The van der Waals surface area contributed by atoms with Crippen molar-refractivity contribution in [3.8, 4) is 5.75 Å². The van der Waals surface area contributed by atoms with Crippen molar-refractivity contribution < 1.29 is 30.4 Å². The topological polar surface area (TPSA) is 92.8 Å². The summed E-state index contributed by atoms with van der Waals surface area (Å²) in [5.41, 5.74) is 0.283. The lowest BCUT2D eigenvalue weighted by Crippen LogP contribution is -2.25. The molecule has 1 aliphatic heterocycles. The molecule has 3 rings (SSSR count). The molecule has 1 fully saturated rings. The fourth-order valence-corrected chi connectivity index (χ4v) is 5.45. The van der Waals surface area contributed by atoms with Crippen molar-refractivity contribution in [3.05, 3.63) is 48.0 Å². The Bertz CT molecular complexity index is 1090. The summed E-state index contributed by atoms with van der Waals surface area (Å²) in [6.45, 7) is 0.311. The molecule has 1 heterocycles. The van der Waals surface area contributed by atoms with Gasteiger partial charge in [-0.2, -0.15) is 0 Å². The third-order valence-corrected chi connectivity index (χ3v) is 7.25. The van der Waals surface area contributed by atoms with Gasteiger partial charge in [0.1, 0.15) is 22.3 Å². The monoisotopic (exact) mass is 418 g/mol. The summed E-state index contributed by atoms with van der Waals surface area (Å²) in [6.07, 6.45) is 0.484. The first-order chi connectivity index (χ1) is 12.6. The van der Waals surface area contributed by atoms with E-state index >= 15 is 0 Å². The molecule has 146 valence electrons. The average Bonchev–Trinajstić information content (AvgIpc) is 2.96. The quantitative estimate of drug-likeness (QED) is 0.805. The van der Waals surface area contributed by atoms with Crippen LogP contribution in [0.25, 0.3) is 0 Å². The van der Waals surface area contributed by atoms with Crippen LogP contribution in [-0.4, -0.2) is 36.2 Å². The van der Waals surface area contributed by atoms with Gasteiger partial charge in [-0.25, -0.2) is 25.6 Å². The third-order valence-electron chi connectivity index (χ3n) is 4.00. The highest BCUT2D eigenvalue weighted by Crippen LogP contribution is 2.34. The lowest BCUT2D eigenvalue weighted by molar-refractivity contribution is 0.417. The molecular formula is C16H16F2N2O5S2. The van der Waals surface area contributed by atoms with Crippen LogP contribution in [0.2, 0.25) is 0 Å². The van der Waals surface area contributed by atoms with Gasteiger partial charge in [0.25, 0.3) is 10.0 Å². The summed E-state index contributed by atoms with van der Waals surface area (Å²) in [5.74, 6) is -1.95. The first-order valence-electron chi connectivity index (χ1n) is 7.80. The van der Waals surface area contributed by atoms with E-state index in [-0.39, 0.29) is 17.2 Å². The van der Waals surface area contributed by atoms with Crippen LogP contribution >= 0.6 is 0 Å². The van der Waals surface area contributed by atoms with E-state index in [4.69, 9.17) is 4.74 Å². The maximum atomic E-state index is 13.8. The lowest BCUT2D eigenvalue weighted by atomic mass is 10.2. The summed E-state index contributed by atoms with van der Waals surface area (Å²) >= 11 is 0. The van der Waals surface area contributed by atoms with Gasteiger partial charge >= 0.3 is 0 Å². The summed E-state index contributed by atoms with van der Waals surface area (Å²) in [5, 5.41) is 0. The number of rotatable bonds is 5. The second kappa shape index (κ2) is 6.97. The van der Waals surface area contributed by atoms with Crippen LogP contribution in [0.4, 0.5) is 20.2 Å². The standard InChI is InChI=1S/C16H16F2N2O5S2/c1-25-15-10-12(20-7-2-8-26(20,21)22)4-6-14(15)19-27(23,24)16-9-11(17)3-5-13(16)18/h3-6,9-10,19H,2,7-8H2,1H3. The van der Waals surface area contributed by atoms with Crippen molar-refractivity contribution in [2.24, 2.45) is 0 Å². The molecule has 2 aromatic carbocycles. The van der Waals surface area contributed by atoms with Crippen molar-refractivity contribution in [2.45, 2.75) is 11.3 Å². The SMILES string of the molecule is COc1cc(N2CCCS2(=O)=O)ccc1NS(=O)(=O)c1cc(F)ccc1F. The molecule has 1 N–H and O–H groups in total. The highest BCUT2D eigenvalue weighted by molar-refractivity contribution is 7.93. The minimum Gasteiger partial charge on any atom is -0.494 e. The van der Waals surface area contributed by atoms with Gasteiger partial charge < -0.3 is 4.74 Å². The highest BCUT2D eigenvalue weighted by atomic mass is 32.2. The summed E-state index contributed by atoms with van der Waals surface area (Å²) in [4.78, 5) is -0.851. The summed E-state index contributed by atoms with van der Waals surface area (Å²) in [6, 6.07) is 6.16. The minimum atomic E-state index is -4.43. The largest absolute Gasteiger partial charge is 0.494 e. The predicted octanol–water partition coefficient (Wildman–Crippen LogP) is 2.31. The van der Waals surface area contributed by atoms with Crippen molar-refractivity contribution >= 4 is 31.4 Å². The first kappa shape index (κ1) is 19.4. The van der Waals surface area contributed by atoms with Crippen LogP contribution in [-0.2, 0) is 20.0 Å². The molecule has 0 bridgehead atoms. The van der Waals surface area contributed by atoms with E-state index in [1.54, 1.807) is 0 Å². The van der Waals surface area contributed by atoms with Gasteiger partial charge in [0, 0.05) is 12.6 Å². The number of ether oxygens (including phenoxy) is 1. The Kier molecular flexibility index (Phi) is 5.00. The van der Waals surface area contributed by atoms with E-state index in [0.29, 0.717) is 30.8 Å². The summed E-state index contributed by atoms with van der Waals surface area (Å²) in [7, 11) is -6.57. The lowest BCUT2D eigenvalue weighted by Gasteiger charge is -2.19. The van der Waals surface area contributed by atoms with Gasteiger partial charge in [-0.1, -0.05) is 0 Å². The molecule has 1 aliphatic rings. The molecule has 0 aromatic heterocycles. The highest BCUT2D eigenvalue weighted by Gasteiger charge is 2.29. The van der Waals surface area contributed by atoms with E-state index in [1.165, 1.54) is 29.6 Å². The van der Waals surface area contributed by atoms with E-state index in [0.717, 1.165) is 6.07 Å². The van der Waals surface area contributed by atoms with Crippen LogP contribution in [0.5, 0.6) is 5.75 Å². The van der Waals surface area contributed by atoms with E-state index in [2.05, 4.69) is 4.72 Å². The van der Waals surface area contributed by atoms with Crippen LogP contribution in [0.3, 0.4) is 0 Å². The average molecular weight is 418 g/mol. The fraction of sp³-hybridized carbons (Fsp3) is 0.250. The van der Waals surface area contributed by atoms with Crippen LogP contribution < -0.4 is 13.8 Å². The molecule has 0 aliphatic carbocycles. The number of anilines is 2. The normalized spacial score (nSPS) is 16.3. The Morgan fingerprint density at radius 2 is 1.89 bits per heavy atom. The molecule has 0 atom stereocenters. The number of hydrogen-bond acceptors (Lipinski definition) is 5. The number of hydrogen-bond donors (Lipinski definition) is 1. The molecular weight excluding hydrogens is 402 g/mol. The van der Waals surface area contributed by atoms with Crippen molar-refractivity contribution in [3.63, 3.8) is 0 Å². The number of sulfonamides is 2. The molecule has 0 radical (unpaired) electrons. The Morgan fingerprint density at radius 3 is 2.52 bits per heavy atom. The van der Waals surface area contributed by atoms with Crippen LogP contribution in [0.15, 0.2) is 41.3 Å². The Hall–Kier alpha value is -2.40. The second-order valence-electron chi connectivity index (χ2n) is 5.81. The van der Waals surface area contributed by atoms with Gasteiger partial charge in [-0.15, -0.1) is 0 Å². The zero-order valence-corrected chi connectivity index (χ0v) is 15.8. The Balaban J connectivity index is 1.97. The number of nitrogens with zero attached hydrogens (tertiary/aromatic N) is 1.